The van der Waals surface area contributed by atoms with Crippen molar-refractivity contribution in [2.45, 2.75) is 103 Å². The van der Waals surface area contributed by atoms with Gasteiger partial charge >= 0.3 is 12.1 Å². The highest BCUT2D eigenvalue weighted by atomic mass is 28.4. The Hall–Kier alpha value is -2.76. The fraction of sp³-hybridized carbons (Fsp3) is 0.643. The van der Waals surface area contributed by atoms with E-state index in [4.69, 9.17) is 13.9 Å². The molecule has 1 aromatic carbocycles. The lowest BCUT2D eigenvalue weighted by atomic mass is 10.00. The fourth-order valence-corrected chi connectivity index (χ4v) is 5.63. The molecule has 39 heavy (non-hydrogen) atoms. The minimum Gasteiger partial charge on any atom is -0.458 e. The maximum atomic E-state index is 14.0. The molecule has 2 heterocycles. The highest BCUT2D eigenvalue weighted by Crippen LogP contribution is 2.40. The molecule has 0 radical (unpaired) electrons. The molecule has 2 aliphatic rings. The zero-order valence-corrected chi connectivity index (χ0v) is 25.2. The highest BCUT2D eigenvalue weighted by Gasteiger charge is 2.59. The monoisotopic (exact) mass is 562 g/mol. The molecular weight excluding hydrogens is 520 g/mol. The maximum Gasteiger partial charge on any atom is 0.413 e. The van der Waals surface area contributed by atoms with Crippen molar-refractivity contribution in [2.24, 2.45) is 5.92 Å². The van der Waals surface area contributed by atoms with Crippen molar-refractivity contribution in [2.75, 3.05) is 6.61 Å². The summed E-state index contributed by atoms with van der Waals surface area (Å²) in [6.45, 7) is 15.0. The minimum atomic E-state index is -2.38. The summed E-state index contributed by atoms with van der Waals surface area (Å²) in [5, 5.41) is 11.3. The smallest absolute Gasteiger partial charge is 0.413 e. The number of hydrogen-bond donors (Lipinski definition) is 1. The van der Waals surface area contributed by atoms with Gasteiger partial charge in [0.2, 0.25) is 5.91 Å². The number of aliphatic hydroxyl groups is 1. The van der Waals surface area contributed by atoms with Gasteiger partial charge in [0.05, 0.1) is 12.6 Å². The molecule has 2 fully saturated rings. The van der Waals surface area contributed by atoms with Gasteiger partial charge in [-0.25, -0.2) is 9.59 Å². The number of ether oxygens (including phenoxy) is 2. The summed E-state index contributed by atoms with van der Waals surface area (Å²) >= 11 is 0. The standard InChI is InChI=1S/C28H42N2O8Si/c1-27(2,3)38-25(34)22-19(15-31)14-20-23(32)30(26(35)36-16-18-12-10-9-11-13-18)21(24(33)29(20)22)17-37-39(7,8)28(4,5)6/h9-13,15,19-23,32H,14,16-17H2,1-8H3/t19-,20+,21+,22+,23-/m1/s1. The van der Waals surface area contributed by atoms with Gasteiger partial charge in [-0.3, -0.25) is 9.69 Å². The van der Waals surface area contributed by atoms with Crippen molar-refractivity contribution in [3.8, 4) is 0 Å². The average Bonchev–Trinajstić information content (AvgIpc) is 3.23. The van der Waals surface area contributed by atoms with Crippen LogP contribution in [0.2, 0.25) is 18.1 Å². The van der Waals surface area contributed by atoms with Crippen LogP contribution in [0.1, 0.15) is 53.5 Å². The van der Waals surface area contributed by atoms with E-state index in [1.165, 1.54) is 4.90 Å². The number of aliphatic hydroxyl groups excluding tert-OH is 1. The van der Waals surface area contributed by atoms with Gasteiger partial charge in [-0.1, -0.05) is 51.1 Å². The summed E-state index contributed by atoms with van der Waals surface area (Å²) in [6, 6.07) is 5.58. The molecule has 0 spiro atoms. The molecule has 3 rings (SSSR count). The molecule has 1 N–H and O–H groups in total. The number of nitrogens with zero attached hydrogens (tertiary/aromatic N) is 2. The number of fused-ring (bicyclic) bond motifs is 1. The van der Waals surface area contributed by atoms with Crippen LogP contribution in [-0.2, 0) is 34.9 Å². The van der Waals surface area contributed by atoms with Gasteiger partial charge in [0.1, 0.15) is 30.6 Å². The van der Waals surface area contributed by atoms with Crippen LogP contribution in [0.15, 0.2) is 30.3 Å². The van der Waals surface area contributed by atoms with Crippen LogP contribution in [0.5, 0.6) is 0 Å². The van der Waals surface area contributed by atoms with E-state index in [1.807, 2.05) is 52.1 Å². The molecule has 2 amide bonds. The Morgan fingerprint density at radius 2 is 1.72 bits per heavy atom. The fourth-order valence-electron chi connectivity index (χ4n) is 4.63. The van der Waals surface area contributed by atoms with Crippen LogP contribution >= 0.6 is 0 Å². The summed E-state index contributed by atoms with van der Waals surface area (Å²) < 4.78 is 17.4. The Labute approximate surface area is 231 Å². The van der Waals surface area contributed by atoms with E-state index in [0.29, 0.717) is 6.29 Å². The lowest BCUT2D eigenvalue weighted by molar-refractivity contribution is -0.178. The van der Waals surface area contributed by atoms with Gasteiger partial charge in [-0.05, 0) is 50.9 Å². The Kier molecular flexibility index (Phi) is 8.98. The molecule has 0 aliphatic carbocycles. The van der Waals surface area contributed by atoms with Crippen molar-refractivity contribution in [1.82, 2.24) is 9.80 Å². The van der Waals surface area contributed by atoms with Crippen molar-refractivity contribution in [3.63, 3.8) is 0 Å². The Balaban J connectivity index is 1.95. The molecule has 216 valence electrons. The molecule has 5 atom stereocenters. The predicted molar refractivity (Wildman–Crippen MR) is 146 cm³/mol. The van der Waals surface area contributed by atoms with Gasteiger partial charge in [-0.15, -0.1) is 0 Å². The Bertz CT molecular complexity index is 1070. The van der Waals surface area contributed by atoms with Crippen LogP contribution in [0, 0.1) is 5.92 Å². The predicted octanol–water partition coefficient (Wildman–Crippen LogP) is 3.47. The molecule has 0 aromatic heterocycles. The van der Waals surface area contributed by atoms with Crippen molar-refractivity contribution in [1.29, 1.82) is 0 Å². The second-order valence-electron chi connectivity index (χ2n) is 12.8. The molecule has 10 nitrogen and oxygen atoms in total. The van der Waals surface area contributed by atoms with Crippen LogP contribution in [0.4, 0.5) is 4.79 Å². The van der Waals surface area contributed by atoms with Crippen LogP contribution in [0.3, 0.4) is 0 Å². The largest absolute Gasteiger partial charge is 0.458 e. The molecule has 0 unspecified atom stereocenters. The quantitative estimate of drug-likeness (QED) is 0.305. The Morgan fingerprint density at radius 1 is 1.10 bits per heavy atom. The molecule has 0 saturated carbocycles. The van der Waals surface area contributed by atoms with E-state index in [-0.39, 0.29) is 24.7 Å². The SMILES string of the molecule is CC(C)(C)OC(=O)[C@@H]1[C@@H](C=O)C[C@H]2[C@@H](O)N(C(=O)OCc3ccccc3)[C@@H](CO[Si](C)(C)C(C)(C)C)C(=O)N12. The van der Waals surface area contributed by atoms with Crippen molar-refractivity contribution in [3.05, 3.63) is 35.9 Å². The zero-order valence-electron chi connectivity index (χ0n) is 24.2. The van der Waals surface area contributed by atoms with Crippen molar-refractivity contribution >= 4 is 32.6 Å². The van der Waals surface area contributed by atoms with Gasteiger partial charge in [0, 0.05) is 5.92 Å². The first-order valence-corrected chi connectivity index (χ1v) is 16.2. The van der Waals surface area contributed by atoms with Gasteiger partial charge in [0.25, 0.3) is 0 Å². The maximum absolute atomic E-state index is 14.0. The molecule has 11 heteroatoms. The number of aldehydes is 1. The first-order chi connectivity index (χ1) is 18.0. The molecule has 1 aromatic rings. The van der Waals surface area contributed by atoms with Crippen molar-refractivity contribution < 1.29 is 38.2 Å². The van der Waals surface area contributed by atoms with Gasteiger partial charge in [0.15, 0.2) is 14.5 Å². The third-order valence-corrected chi connectivity index (χ3v) is 12.2. The third kappa shape index (κ3) is 6.70. The topological polar surface area (TPSA) is 123 Å². The van der Waals surface area contributed by atoms with Crippen LogP contribution in [0.25, 0.3) is 0 Å². The van der Waals surface area contributed by atoms with E-state index in [0.717, 1.165) is 10.5 Å². The lowest BCUT2D eigenvalue weighted by Gasteiger charge is -2.47. The number of hydrogen-bond acceptors (Lipinski definition) is 8. The summed E-state index contributed by atoms with van der Waals surface area (Å²) in [5.74, 6) is -2.22. The second kappa shape index (κ2) is 11.4. The highest BCUT2D eigenvalue weighted by molar-refractivity contribution is 6.74. The van der Waals surface area contributed by atoms with Crippen LogP contribution < -0.4 is 0 Å². The van der Waals surface area contributed by atoms with E-state index >= 15 is 0 Å². The molecule has 2 aliphatic heterocycles. The molecular formula is C28H42N2O8Si. The first-order valence-electron chi connectivity index (χ1n) is 13.3. The van der Waals surface area contributed by atoms with E-state index in [2.05, 4.69) is 0 Å². The number of rotatable bonds is 7. The molecule has 2 saturated heterocycles. The summed E-state index contributed by atoms with van der Waals surface area (Å²) in [7, 11) is -2.38. The third-order valence-electron chi connectivity index (χ3n) is 7.73. The average molecular weight is 563 g/mol. The number of amides is 2. The van der Waals surface area contributed by atoms with Gasteiger partial charge < -0.3 is 28.7 Å². The second-order valence-corrected chi connectivity index (χ2v) is 17.6. The van der Waals surface area contributed by atoms with E-state index in [1.54, 1.807) is 32.9 Å². The summed E-state index contributed by atoms with van der Waals surface area (Å²) in [5.41, 5.74) is -0.107. The van der Waals surface area contributed by atoms with Crippen LogP contribution in [-0.4, -0.2) is 84.0 Å². The first kappa shape index (κ1) is 30.8. The number of carbonyl (C=O) groups excluding carboxylic acids is 4. The van der Waals surface area contributed by atoms with E-state index < -0.39 is 62.2 Å². The Morgan fingerprint density at radius 3 is 2.26 bits per heavy atom. The number of benzene rings is 1. The normalized spacial score (nSPS) is 25.8. The molecule has 0 bridgehead atoms. The zero-order chi connectivity index (χ0) is 29.3. The van der Waals surface area contributed by atoms with Gasteiger partial charge in [-0.2, -0.15) is 0 Å². The summed E-state index contributed by atoms with van der Waals surface area (Å²) in [6.07, 6.45) is -1.80. The number of piperazine rings is 1. The number of esters is 1. The summed E-state index contributed by atoms with van der Waals surface area (Å²) in [4.78, 5) is 54.8. The minimum absolute atomic E-state index is 0.00140. The van der Waals surface area contributed by atoms with E-state index in [9.17, 15) is 24.3 Å². The lowest BCUT2D eigenvalue weighted by Crippen LogP contribution is -2.70. The number of carbonyl (C=O) groups is 4.